The van der Waals surface area contributed by atoms with E-state index < -0.39 is 23.4 Å². The Bertz CT molecular complexity index is 767. The number of aryl methyl sites for hydroxylation is 1. The van der Waals surface area contributed by atoms with Crippen molar-refractivity contribution in [2.75, 3.05) is 33.3 Å². The van der Waals surface area contributed by atoms with Gasteiger partial charge in [-0.3, -0.25) is 0 Å². The highest BCUT2D eigenvalue weighted by Crippen LogP contribution is 2.31. The highest BCUT2D eigenvalue weighted by atomic mass is 16.7. The molecule has 2 amide bonds. The quantitative estimate of drug-likeness (QED) is 0.303. The van der Waals surface area contributed by atoms with E-state index >= 15 is 0 Å². The van der Waals surface area contributed by atoms with Crippen LogP contribution in [0.2, 0.25) is 0 Å². The molecule has 0 aliphatic heterocycles. The molecule has 0 aliphatic rings. The van der Waals surface area contributed by atoms with Gasteiger partial charge in [0.15, 0.2) is 25.1 Å². The van der Waals surface area contributed by atoms with E-state index in [-0.39, 0.29) is 20.1 Å². The van der Waals surface area contributed by atoms with E-state index in [9.17, 15) is 9.59 Å². The van der Waals surface area contributed by atoms with Gasteiger partial charge in [-0.1, -0.05) is 0 Å². The molecule has 0 fully saturated rings. The maximum Gasteiger partial charge on any atom is 0.419 e. The van der Waals surface area contributed by atoms with Gasteiger partial charge in [0.25, 0.3) is 0 Å². The molecule has 9 heteroatoms. The number of hydrogen-bond donors (Lipinski definition) is 0. The average molecular weight is 484 g/mol. The van der Waals surface area contributed by atoms with Crippen molar-refractivity contribution in [1.82, 2.24) is 4.90 Å². The predicted octanol–water partition coefficient (Wildman–Crippen LogP) is 5.46. The molecule has 34 heavy (non-hydrogen) atoms. The largest absolute Gasteiger partial charge is 0.464 e. The van der Waals surface area contributed by atoms with Crippen LogP contribution in [0.25, 0.3) is 0 Å². The van der Waals surface area contributed by atoms with Gasteiger partial charge in [-0.15, -0.1) is 0 Å². The molecule has 194 valence electrons. The van der Waals surface area contributed by atoms with Gasteiger partial charge in [-0.25, -0.2) is 14.5 Å². The van der Waals surface area contributed by atoms with E-state index in [1.54, 1.807) is 41.5 Å². The summed E-state index contributed by atoms with van der Waals surface area (Å²) >= 11 is 0. The molecule has 1 aromatic rings. The van der Waals surface area contributed by atoms with Gasteiger partial charge in [0.2, 0.25) is 0 Å². The Hall–Kier alpha value is -2.52. The van der Waals surface area contributed by atoms with Gasteiger partial charge in [0, 0.05) is 19.8 Å². The van der Waals surface area contributed by atoms with Crippen LogP contribution >= 0.6 is 0 Å². The number of rotatable bonds is 11. The number of ether oxygens (including phenoxy) is 6. The summed E-state index contributed by atoms with van der Waals surface area (Å²) in [7, 11) is 0. The second kappa shape index (κ2) is 13.4. The van der Waals surface area contributed by atoms with Crippen LogP contribution in [0.4, 0.5) is 9.59 Å². The maximum absolute atomic E-state index is 12.8. The van der Waals surface area contributed by atoms with Gasteiger partial charge < -0.3 is 28.4 Å². The zero-order valence-corrected chi connectivity index (χ0v) is 22.1. The highest BCUT2D eigenvalue weighted by molar-refractivity contribution is 5.88. The van der Waals surface area contributed by atoms with Crippen LogP contribution in [0.1, 0.15) is 66.5 Å². The highest BCUT2D eigenvalue weighted by Gasteiger charge is 2.31. The zero-order valence-electron chi connectivity index (χ0n) is 22.1. The normalized spacial score (nSPS) is 11.7. The fourth-order valence-electron chi connectivity index (χ4n) is 2.70. The number of carbonyl (C=O) groups is 2. The molecular weight excluding hydrogens is 442 g/mol. The Morgan fingerprint density at radius 3 is 1.65 bits per heavy atom. The summed E-state index contributed by atoms with van der Waals surface area (Å²) in [6, 6.07) is 3.65. The second-order valence-electron chi connectivity index (χ2n) is 9.60. The SMILES string of the molecule is CCOCOc1cc(C)c(CCN(C(=O)OC(C)(C)C)C(=O)OC(C)(C)C)cc1OCOCC. The molecule has 0 spiro atoms. The van der Waals surface area contributed by atoms with Crippen LogP contribution in [-0.2, 0) is 25.4 Å². The second-order valence-corrected chi connectivity index (χ2v) is 9.60. The van der Waals surface area contributed by atoms with Crippen molar-refractivity contribution in [3.8, 4) is 11.5 Å². The van der Waals surface area contributed by atoms with Crippen LogP contribution in [0.15, 0.2) is 12.1 Å². The predicted molar refractivity (Wildman–Crippen MR) is 128 cm³/mol. The van der Waals surface area contributed by atoms with E-state index in [1.165, 1.54) is 0 Å². The fourth-order valence-corrected chi connectivity index (χ4v) is 2.70. The maximum atomic E-state index is 12.8. The van der Waals surface area contributed by atoms with Crippen molar-refractivity contribution in [2.45, 2.75) is 79.9 Å². The van der Waals surface area contributed by atoms with Crippen LogP contribution < -0.4 is 9.47 Å². The first-order chi connectivity index (χ1) is 15.8. The fraction of sp³-hybridized carbons (Fsp3) is 0.680. The monoisotopic (exact) mass is 483 g/mol. The van der Waals surface area contributed by atoms with Gasteiger partial charge in [0.05, 0.1) is 0 Å². The minimum absolute atomic E-state index is 0.0614. The molecule has 1 aromatic carbocycles. The number of benzene rings is 1. The topological polar surface area (TPSA) is 92.8 Å². The molecule has 0 bridgehead atoms. The van der Waals surface area contributed by atoms with Crippen molar-refractivity contribution in [3.05, 3.63) is 23.3 Å². The summed E-state index contributed by atoms with van der Waals surface area (Å²) in [6.45, 7) is 17.4. The lowest BCUT2D eigenvalue weighted by molar-refractivity contribution is 0.00160. The zero-order chi connectivity index (χ0) is 25.9. The molecule has 0 radical (unpaired) electrons. The molecule has 0 saturated heterocycles. The molecule has 0 atom stereocenters. The van der Waals surface area contributed by atoms with Crippen LogP contribution in [0.3, 0.4) is 0 Å². The van der Waals surface area contributed by atoms with E-state index in [0.29, 0.717) is 31.1 Å². The average Bonchev–Trinajstić information content (AvgIpc) is 2.68. The van der Waals surface area contributed by atoms with Crippen LogP contribution in [-0.4, -0.2) is 61.6 Å². The smallest absolute Gasteiger partial charge is 0.419 e. The number of amides is 2. The first kappa shape index (κ1) is 29.5. The summed E-state index contributed by atoms with van der Waals surface area (Å²) in [6.07, 6.45) is -1.16. The standard InChI is InChI=1S/C25H41NO8/c1-10-29-16-31-20-14-18(3)19(15-21(20)32-17-30-11-2)12-13-26(22(27)33-24(4,5)6)23(28)34-25(7,8)9/h14-15H,10-13,16-17H2,1-9H3. The molecule has 0 heterocycles. The third kappa shape index (κ3) is 11.1. The molecule has 0 aromatic heterocycles. The lowest BCUT2D eigenvalue weighted by atomic mass is 10.0. The Morgan fingerprint density at radius 1 is 0.794 bits per heavy atom. The molecule has 1 rings (SSSR count). The minimum atomic E-state index is -0.760. The van der Waals surface area contributed by atoms with E-state index in [4.69, 9.17) is 28.4 Å². The number of nitrogens with zero attached hydrogens (tertiary/aromatic N) is 1. The van der Waals surface area contributed by atoms with Crippen molar-refractivity contribution >= 4 is 12.2 Å². The number of imide groups is 1. The Balaban J connectivity index is 3.12. The van der Waals surface area contributed by atoms with Gasteiger partial charge in [-0.05, 0) is 92.0 Å². The number of carbonyl (C=O) groups excluding carboxylic acids is 2. The molecule has 0 N–H and O–H groups in total. The first-order valence-corrected chi connectivity index (χ1v) is 11.6. The summed E-state index contributed by atoms with van der Waals surface area (Å²) in [4.78, 5) is 26.5. The molecule has 0 saturated carbocycles. The van der Waals surface area contributed by atoms with Crippen molar-refractivity contribution in [3.63, 3.8) is 0 Å². The van der Waals surface area contributed by atoms with Gasteiger partial charge >= 0.3 is 12.2 Å². The first-order valence-electron chi connectivity index (χ1n) is 11.6. The lowest BCUT2D eigenvalue weighted by Crippen LogP contribution is -2.44. The Morgan fingerprint density at radius 2 is 1.24 bits per heavy atom. The summed E-state index contributed by atoms with van der Waals surface area (Å²) in [5.74, 6) is 1.00. The van der Waals surface area contributed by atoms with Crippen molar-refractivity contribution in [2.24, 2.45) is 0 Å². The molecule has 9 nitrogen and oxygen atoms in total. The van der Waals surface area contributed by atoms with Gasteiger partial charge in [0.1, 0.15) is 11.2 Å². The molecule has 0 unspecified atom stereocenters. The molecule has 0 aliphatic carbocycles. The third-order valence-corrected chi connectivity index (χ3v) is 4.24. The van der Waals surface area contributed by atoms with Crippen LogP contribution in [0, 0.1) is 6.92 Å². The molecular formula is C25H41NO8. The van der Waals surface area contributed by atoms with Gasteiger partial charge in [-0.2, -0.15) is 0 Å². The summed E-state index contributed by atoms with van der Waals surface area (Å²) < 4.78 is 32.9. The van der Waals surface area contributed by atoms with Crippen molar-refractivity contribution in [1.29, 1.82) is 0 Å². The van der Waals surface area contributed by atoms with E-state index in [1.807, 2.05) is 32.9 Å². The minimum Gasteiger partial charge on any atom is -0.464 e. The van der Waals surface area contributed by atoms with Crippen molar-refractivity contribution < 1.29 is 38.0 Å². The summed E-state index contributed by atoms with van der Waals surface area (Å²) in [5, 5.41) is 0. The van der Waals surface area contributed by atoms with Crippen LogP contribution in [0.5, 0.6) is 11.5 Å². The number of hydrogen-bond acceptors (Lipinski definition) is 8. The van der Waals surface area contributed by atoms with E-state index in [0.717, 1.165) is 16.0 Å². The Kier molecular flexibility index (Phi) is 11.6. The lowest BCUT2D eigenvalue weighted by Gasteiger charge is -2.28. The third-order valence-electron chi connectivity index (χ3n) is 4.24. The van der Waals surface area contributed by atoms with E-state index in [2.05, 4.69) is 0 Å². The summed E-state index contributed by atoms with van der Waals surface area (Å²) in [5.41, 5.74) is 0.260. The Labute approximate surface area is 203 Å².